The molecule has 0 bridgehead atoms. The fourth-order valence-corrected chi connectivity index (χ4v) is 2.04. The van der Waals surface area contributed by atoms with Crippen LogP contribution < -0.4 is 10.1 Å². The first kappa shape index (κ1) is 15.4. The quantitative estimate of drug-likeness (QED) is 0.812. The van der Waals surface area contributed by atoms with Crippen molar-refractivity contribution in [1.82, 2.24) is 10.3 Å². The Kier molecular flexibility index (Phi) is 5.28. The lowest BCUT2D eigenvalue weighted by atomic mass is 10.2. The number of aromatic nitrogens is 1. The van der Waals surface area contributed by atoms with Crippen LogP contribution in [0.3, 0.4) is 0 Å². The molecule has 0 atom stereocenters. The van der Waals surface area contributed by atoms with E-state index in [0.29, 0.717) is 11.4 Å². The topological polar surface area (TPSA) is 34.2 Å². The molecule has 1 aromatic heterocycles. The summed E-state index contributed by atoms with van der Waals surface area (Å²) in [6, 6.07) is 7.11. The minimum absolute atomic E-state index is 0.211. The second-order valence-corrected chi connectivity index (χ2v) is 5.13. The molecule has 0 aliphatic carbocycles. The van der Waals surface area contributed by atoms with Gasteiger partial charge in [-0.1, -0.05) is 19.1 Å². The van der Waals surface area contributed by atoms with E-state index < -0.39 is 0 Å². The molecule has 0 aliphatic heterocycles. The Morgan fingerprint density at radius 3 is 2.76 bits per heavy atom. The number of pyridine rings is 1. The zero-order valence-electron chi connectivity index (χ0n) is 12.7. The fraction of sp³-hybridized carbons (Fsp3) is 0.353. The van der Waals surface area contributed by atoms with E-state index in [1.54, 1.807) is 31.3 Å². The molecule has 2 aromatic rings. The summed E-state index contributed by atoms with van der Waals surface area (Å²) in [6.45, 7) is 7.51. The molecular weight excluding hydrogens is 267 g/mol. The van der Waals surface area contributed by atoms with Crippen LogP contribution >= 0.6 is 0 Å². The highest BCUT2D eigenvalue weighted by molar-refractivity contribution is 5.36. The smallest absolute Gasteiger partial charge is 0.222 e. The van der Waals surface area contributed by atoms with Gasteiger partial charge in [0.2, 0.25) is 5.88 Å². The van der Waals surface area contributed by atoms with Crippen molar-refractivity contribution in [1.29, 1.82) is 0 Å². The molecular formula is C17H21FN2O. The molecule has 2 rings (SSSR count). The van der Waals surface area contributed by atoms with E-state index in [1.807, 2.05) is 13.0 Å². The SMILES string of the molecule is CCCNCc1cnc(Oc2cccc(C)c2F)c(C)c1. The van der Waals surface area contributed by atoms with Crippen LogP contribution in [-0.2, 0) is 6.54 Å². The predicted molar refractivity (Wildman–Crippen MR) is 82.2 cm³/mol. The Balaban J connectivity index is 2.12. The highest BCUT2D eigenvalue weighted by Gasteiger charge is 2.10. The maximum absolute atomic E-state index is 13.9. The largest absolute Gasteiger partial charge is 0.436 e. The number of halogens is 1. The molecule has 0 unspecified atom stereocenters. The number of rotatable bonds is 6. The minimum Gasteiger partial charge on any atom is -0.436 e. The molecule has 0 saturated heterocycles. The molecule has 0 spiro atoms. The van der Waals surface area contributed by atoms with Gasteiger partial charge in [0.1, 0.15) is 0 Å². The van der Waals surface area contributed by atoms with Crippen LogP contribution in [0.2, 0.25) is 0 Å². The summed E-state index contributed by atoms with van der Waals surface area (Å²) in [5.41, 5.74) is 2.55. The number of benzene rings is 1. The average Bonchev–Trinajstić information content (AvgIpc) is 2.47. The first-order chi connectivity index (χ1) is 10.1. The molecule has 0 saturated carbocycles. The first-order valence-electron chi connectivity index (χ1n) is 7.21. The van der Waals surface area contributed by atoms with Crippen molar-refractivity contribution in [2.45, 2.75) is 33.7 Å². The normalized spacial score (nSPS) is 10.7. The molecule has 0 fully saturated rings. The van der Waals surface area contributed by atoms with E-state index in [2.05, 4.69) is 17.2 Å². The summed E-state index contributed by atoms with van der Waals surface area (Å²) in [4.78, 5) is 4.29. The van der Waals surface area contributed by atoms with Crippen LogP contribution in [0.4, 0.5) is 4.39 Å². The van der Waals surface area contributed by atoms with Gasteiger partial charge in [0.15, 0.2) is 11.6 Å². The van der Waals surface area contributed by atoms with Gasteiger partial charge in [-0.3, -0.25) is 0 Å². The summed E-state index contributed by atoms with van der Waals surface area (Å²) in [6.07, 6.45) is 2.86. The number of hydrogen-bond donors (Lipinski definition) is 1. The lowest BCUT2D eigenvalue weighted by molar-refractivity contribution is 0.422. The average molecular weight is 288 g/mol. The molecule has 0 radical (unpaired) electrons. The monoisotopic (exact) mass is 288 g/mol. The van der Waals surface area contributed by atoms with Crippen LogP contribution in [0.25, 0.3) is 0 Å². The van der Waals surface area contributed by atoms with Gasteiger partial charge in [-0.2, -0.15) is 0 Å². The van der Waals surface area contributed by atoms with E-state index in [4.69, 9.17) is 4.74 Å². The number of nitrogens with zero attached hydrogens (tertiary/aromatic N) is 1. The molecule has 112 valence electrons. The first-order valence-corrected chi connectivity index (χ1v) is 7.21. The van der Waals surface area contributed by atoms with Crippen molar-refractivity contribution in [2.24, 2.45) is 0 Å². The van der Waals surface area contributed by atoms with Crippen molar-refractivity contribution < 1.29 is 9.13 Å². The summed E-state index contributed by atoms with van der Waals surface area (Å²) in [7, 11) is 0. The van der Waals surface area contributed by atoms with Crippen molar-refractivity contribution >= 4 is 0 Å². The van der Waals surface area contributed by atoms with E-state index in [9.17, 15) is 4.39 Å². The fourth-order valence-electron chi connectivity index (χ4n) is 2.04. The second-order valence-electron chi connectivity index (χ2n) is 5.13. The number of ether oxygens (including phenoxy) is 1. The van der Waals surface area contributed by atoms with E-state index in [0.717, 1.165) is 30.6 Å². The standard InChI is InChI=1S/C17H21FN2O/c1-4-8-19-10-14-9-13(3)17(20-11-14)21-15-7-5-6-12(2)16(15)18/h5-7,9,11,19H,4,8,10H2,1-3H3. The molecule has 1 aromatic carbocycles. The van der Waals surface area contributed by atoms with Gasteiger partial charge in [0.05, 0.1) is 0 Å². The van der Waals surface area contributed by atoms with Crippen LogP contribution in [-0.4, -0.2) is 11.5 Å². The third kappa shape index (κ3) is 4.02. The van der Waals surface area contributed by atoms with Crippen molar-refractivity contribution in [3.05, 3.63) is 53.0 Å². The number of hydrogen-bond acceptors (Lipinski definition) is 3. The third-order valence-corrected chi connectivity index (χ3v) is 3.21. The van der Waals surface area contributed by atoms with Crippen LogP contribution in [0.5, 0.6) is 11.6 Å². The zero-order valence-corrected chi connectivity index (χ0v) is 12.7. The molecule has 1 heterocycles. The van der Waals surface area contributed by atoms with Gasteiger partial charge >= 0.3 is 0 Å². The summed E-state index contributed by atoms with van der Waals surface area (Å²) in [5.74, 6) is 0.314. The second kappa shape index (κ2) is 7.18. The lowest BCUT2D eigenvalue weighted by Crippen LogP contribution is -2.14. The zero-order chi connectivity index (χ0) is 15.2. The number of nitrogens with one attached hydrogen (secondary N) is 1. The van der Waals surface area contributed by atoms with Crippen molar-refractivity contribution in [3.8, 4) is 11.6 Å². The molecule has 0 amide bonds. The van der Waals surface area contributed by atoms with Gasteiger partial charge in [-0.25, -0.2) is 9.37 Å². The Bertz CT molecular complexity index is 614. The van der Waals surface area contributed by atoms with Crippen molar-refractivity contribution in [3.63, 3.8) is 0 Å². The number of aryl methyl sites for hydroxylation is 2. The maximum Gasteiger partial charge on any atom is 0.222 e. The van der Waals surface area contributed by atoms with Crippen LogP contribution in [0, 0.1) is 19.7 Å². The van der Waals surface area contributed by atoms with Gasteiger partial charge in [-0.05, 0) is 50.1 Å². The third-order valence-electron chi connectivity index (χ3n) is 3.21. The lowest BCUT2D eigenvalue weighted by Gasteiger charge is -2.11. The molecule has 4 heteroatoms. The minimum atomic E-state index is -0.340. The molecule has 21 heavy (non-hydrogen) atoms. The molecule has 0 aliphatic rings. The highest BCUT2D eigenvalue weighted by atomic mass is 19.1. The van der Waals surface area contributed by atoms with E-state index in [1.165, 1.54) is 0 Å². The van der Waals surface area contributed by atoms with Crippen LogP contribution in [0.1, 0.15) is 30.0 Å². The maximum atomic E-state index is 13.9. The molecule has 3 nitrogen and oxygen atoms in total. The van der Waals surface area contributed by atoms with Gasteiger partial charge < -0.3 is 10.1 Å². The van der Waals surface area contributed by atoms with Crippen LogP contribution in [0.15, 0.2) is 30.5 Å². The summed E-state index contributed by atoms with van der Waals surface area (Å²) < 4.78 is 19.5. The Labute approximate surface area is 125 Å². The highest BCUT2D eigenvalue weighted by Crippen LogP contribution is 2.27. The van der Waals surface area contributed by atoms with Gasteiger partial charge in [0.25, 0.3) is 0 Å². The predicted octanol–water partition coefficient (Wildman–Crippen LogP) is 4.13. The molecule has 1 N–H and O–H groups in total. The summed E-state index contributed by atoms with van der Waals surface area (Å²) in [5, 5.41) is 3.32. The van der Waals surface area contributed by atoms with E-state index in [-0.39, 0.29) is 11.6 Å². The summed E-state index contributed by atoms with van der Waals surface area (Å²) >= 11 is 0. The Morgan fingerprint density at radius 2 is 2.05 bits per heavy atom. The van der Waals surface area contributed by atoms with E-state index >= 15 is 0 Å². The van der Waals surface area contributed by atoms with Gasteiger partial charge in [0, 0.05) is 18.3 Å². The van der Waals surface area contributed by atoms with Crippen molar-refractivity contribution in [2.75, 3.05) is 6.54 Å². The Morgan fingerprint density at radius 1 is 1.24 bits per heavy atom. The van der Waals surface area contributed by atoms with Gasteiger partial charge in [-0.15, -0.1) is 0 Å². The Hall–Kier alpha value is -1.94.